The van der Waals surface area contributed by atoms with Crippen LogP contribution in [0.15, 0.2) is 5.10 Å². The van der Waals surface area contributed by atoms with Crippen LogP contribution >= 0.6 is 0 Å². The highest BCUT2D eigenvalue weighted by molar-refractivity contribution is 5.98. The molecule has 0 atom stereocenters. The number of amides is 2. The number of hydrogen-bond donors (Lipinski definition) is 1. The highest BCUT2D eigenvalue weighted by atomic mass is 19.4. The van der Waals surface area contributed by atoms with E-state index in [2.05, 4.69) is 5.10 Å². The number of carbonyl (C=O) groups is 2. The molecular weight excluding hydrogens is 215 g/mol. The van der Waals surface area contributed by atoms with Gasteiger partial charge in [0.15, 0.2) is 0 Å². The van der Waals surface area contributed by atoms with E-state index in [1.54, 1.807) is 6.21 Å². The van der Waals surface area contributed by atoms with Gasteiger partial charge in [-0.15, -0.1) is 0 Å². The van der Waals surface area contributed by atoms with Crippen molar-refractivity contribution >= 4 is 18.0 Å². The van der Waals surface area contributed by atoms with Gasteiger partial charge >= 0.3 is 12.1 Å². The van der Waals surface area contributed by atoms with Gasteiger partial charge in [0.1, 0.15) is 6.54 Å². The molecule has 5 nitrogen and oxygen atoms in total. The summed E-state index contributed by atoms with van der Waals surface area (Å²) in [6, 6.07) is 0. The highest BCUT2D eigenvalue weighted by Crippen LogP contribution is 2.13. The number of halogens is 3. The van der Waals surface area contributed by atoms with Gasteiger partial charge in [0, 0.05) is 19.2 Å². The van der Waals surface area contributed by atoms with Gasteiger partial charge in [-0.1, -0.05) is 0 Å². The number of hydrogen-bond acceptors (Lipinski definition) is 4. The molecule has 0 fully saturated rings. The second kappa shape index (κ2) is 4.28. The largest absolute Gasteiger partial charge is 0.471 e. The van der Waals surface area contributed by atoms with Gasteiger partial charge in [-0.2, -0.15) is 18.3 Å². The monoisotopic (exact) mass is 223 g/mol. The van der Waals surface area contributed by atoms with Gasteiger partial charge in [0.05, 0.1) is 0 Å². The van der Waals surface area contributed by atoms with Crippen molar-refractivity contribution in [2.75, 3.05) is 13.1 Å². The first-order chi connectivity index (χ1) is 6.89. The average molecular weight is 223 g/mol. The molecule has 0 saturated heterocycles. The summed E-state index contributed by atoms with van der Waals surface area (Å²) in [6.45, 7) is 0.117. The SMILES string of the molecule is O=C(CN1CCC=N1)NC(=O)C(F)(F)F. The number of nitrogens with one attached hydrogen (secondary N) is 1. The summed E-state index contributed by atoms with van der Waals surface area (Å²) >= 11 is 0. The lowest BCUT2D eigenvalue weighted by Crippen LogP contribution is -2.44. The van der Waals surface area contributed by atoms with Crippen LogP contribution in [0.2, 0.25) is 0 Å². The summed E-state index contributed by atoms with van der Waals surface area (Å²) in [5, 5.41) is 6.21. The molecule has 0 unspecified atom stereocenters. The van der Waals surface area contributed by atoms with E-state index < -0.39 is 18.0 Å². The molecule has 0 bridgehead atoms. The molecule has 15 heavy (non-hydrogen) atoms. The van der Waals surface area contributed by atoms with E-state index in [-0.39, 0.29) is 6.54 Å². The summed E-state index contributed by atoms with van der Waals surface area (Å²) in [5.41, 5.74) is 0. The fraction of sp³-hybridized carbons (Fsp3) is 0.571. The van der Waals surface area contributed by atoms with E-state index in [9.17, 15) is 22.8 Å². The van der Waals surface area contributed by atoms with Crippen LogP contribution in [0.3, 0.4) is 0 Å². The normalized spacial score (nSPS) is 15.5. The minimum atomic E-state index is -5.04. The first-order valence-corrected chi connectivity index (χ1v) is 4.08. The Kier molecular flexibility index (Phi) is 3.28. The minimum absolute atomic E-state index is 0.349. The van der Waals surface area contributed by atoms with Crippen LogP contribution < -0.4 is 5.32 Å². The summed E-state index contributed by atoms with van der Waals surface area (Å²) in [6.07, 6.45) is -2.86. The van der Waals surface area contributed by atoms with Crippen molar-refractivity contribution in [3.63, 3.8) is 0 Å². The van der Waals surface area contributed by atoms with Gasteiger partial charge in [0.25, 0.3) is 0 Å². The highest BCUT2D eigenvalue weighted by Gasteiger charge is 2.39. The van der Waals surface area contributed by atoms with Crippen molar-refractivity contribution in [2.24, 2.45) is 5.10 Å². The summed E-state index contributed by atoms with van der Waals surface area (Å²) in [5.74, 6) is -3.27. The lowest BCUT2D eigenvalue weighted by Gasteiger charge is -2.13. The molecule has 0 aromatic carbocycles. The Morgan fingerprint density at radius 2 is 2.13 bits per heavy atom. The first-order valence-electron chi connectivity index (χ1n) is 4.08. The zero-order valence-electron chi connectivity index (χ0n) is 7.54. The van der Waals surface area contributed by atoms with Gasteiger partial charge < -0.3 is 0 Å². The maximum absolute atomic E-state index is 11.7. The number of alkyl halides is 3. The van der Waals surface area contributed by atoms with Gasteiger partial charge in [-0.3, -0.25) is 19.9 Å². The van der Waals surface area contributed by atoms with Crippen molar-refractivity contribution in [1.29, 1.82) is 0 Å². The molecule has 1 N–H and O–H groups in total. The lowest BCUT2D eigenvalue weighted by atomic mass is 10.4. The zero-order valence-corrected chi connectivity index (χ0v) is 7.54. The Morgan fingerprint density at radius 3 is 2.60 bits per heavy atom. The third-order valence-electron chi connectivity index (χ3n) is 1.60. The lowest BCUT2D eigenvalue weighted by molar-refractivity contribution is -0.174. The molecule has 0 radical (unpaired) electrons. The maximum atomic E-state index is 11.7. The summed E-state index contributed by atoms with van der Waals surface area (Å²) < 4.78 is 35.1. The van der Waals surface area contributed by atoms with Crippen LogP contribution in [-0.2, 0) is 9.59 Å². The number of imide groups is 1. The average Bonchev–Trinajstić information content (AvgIpc) is 2.54. The van der Waals surface area contributed by atoms with Crippen LogP contribution in [0.25, 0.3) is 0 Å². The fourth-order valence-electron chi connectivity index (χ4n) is 0.960. The zero-order chi connectivity index (χ0) is 11.5. The number of carbonyl (C=O) groups excluding carboxylic acids is 2. The van der Waals surface area contributed by atoms with Crippen LogP contribution in [-0.4, -0.2) is 42.3 Å². The van der Waals surface area contributed by atoms with Gasteiger partial charge in [-0.05, 0) is 0 Å². The third kappa shape index (κ3) is 3.56. The van der Waals surface area contributed by atoms with Crippen LogP contribution in [0.5, 0.6) is 0 Å². The third-order valence-corrected chi connectivity index (χ3v) is 1.60. The number of nitrogens with zero attached hydrogens (tertiary/aromatic N) is 2. The smallest absolute Gasteiger partial charge is 0.288 e. The van der Waals surface area contributed by atoms with Crippen LogP contribution in [0.1, 0.15) is 6.42 Å². The van der Waals surface area contributed by atoms with Gasteiger partial charge in [0.2, 0.25) is 5.91 Å². The van der Waals surface area contributed by atoms with Crippen LogP contribution in [0, 0.1) is 0 Å². The maximum Gasteiger partial charge on any atom is 0.471 e. The molecule has 84 valence electrons. The number of rotatable bonds is 2. The molecule has 0 saturated carbocycles. The molecule has 1 heterocycles. The Bertz CT molecular complexity index is 300. The van der Waals surface area contributed by atoms with E-state index in [1.807, 2.05) is 0 Å². The van der Waals surface area contributed by atoms with E-state index >= 15 is 0 Å². The standard InChI is InChI=1S/C7H8F3N3O2/c8-7(9,10)6(15)12-5(14)4-13-3-1-2-11-13/h2H,1,3-4H2,(H,12,14,15). The molecule has 1 aliphatic rings. The fourth-order valence-corrected chi connectivity index (χ4v) is 0.960. The minimum Gasteiger partial charge on any atom is -0.288 e. The quantitative estimate of drug-likeness (QED) is 0.710. The summed E-state index contributed by atoms with van der Waals surface area (Å²) in [7, 11) is 0. The first kappa shape index (κ1) is 11.5. The van der Waals surface area contributed by atoms with E-state index in [1.165, 1.54) is 10.3 Å². The molecule has 0 aromatic rings. The van der Waals surface area contributed by atoms with E-state index in [0.717, 1.165) is 0 Å². The van der Waals surface area contributed by atoms with Crippen LogP contribution in [0.4, 0.5) is 13.2 Å². The molecule has 0 aromatic heterocycles. The van der Waals surface area contributed by atoms with E-state index in [0.29, 0.717) is 13.0 Å². The molecule has 2 amide bonds. The Labute approximate surface area is 82.9 Å². The molecule has 8 heteroatoms. The second-order valence-electron chi connectivity index (χ2n) is 2.85. The van der Waals surface area contributed by atoms with Crippen molar-refractivity contribution in [3.8, 4) is 0 Å². The van der Waals surface area contributed by atoms with Crippen molar-refractivity contribution in [2.45, 2.75) is 12.6 Å². The van der Waals surface area contributed by atoms with Crippen molar-refractivity contribution in [1.82, 2.24) is 10.3 Å². The number of hydrazone groups is 1. The molecule has 0 aliphatic carbocycles. The molecule has 0 spiro atoms. The Balaban J connectivity index is 2.36. The molecule has 1 aliphatic heterocycles. The molecule has 1 rings (SSSR count). The van der Waals surface area contributed by atoms with Crippen molar-refractivity contribution < 1.29 is 22.8 Å². The predicted molar refractivity (Wildman–Crippen MR) is 43.9 cm³/mol. The topological polar surface area (TPSA) is 61.8 Å². The summed E-state index contributed by atoms with van der Waals surface area (Å²) in [4.78, 5) is 21.2. The van der Waals surface area contributed by atoms with Gasteiger partial charge in [-0.25, -0.2) is 0 Å². The predicted octanol–water partition coefficient (Wildman–Crippen LogP) is -0.117. The Hall–Kier alpha value is -1.60. The van der Waals surface area contributed by atoms with E-state index in [4.69, 9.17) is 0 Å². The Morgan fingerprint density at radius 1 is 1.47 bits per heavy atom. The van der Waals surface area contributed by atoms with Crippen molar-refractivity contribution in [3.05, 3.63) is 0 Å². The molecular formula is C7H8F3N3O2. The second-order valence-corrected chi connectivity index (χ2v) is 2.85.